The summed E-state index contributed by atoms with van der Waals surface area (Å²) in [6.07, 6.45) is 3.46. The molecule has 3 heteroatoms. The van der Waals surface area contributed by atoms with Crippen LogP contribution in [0.4, 0.5) is 0 Å². The number of ketones is 1. The Bertz CT molecular complexity index is 372. The number of rotatable bonds is 0. The molecule has 0 bridgehead atoms. The summed E-state index contributed by atoms with van der Waals surface area (Å²) < 4.78 is 12.0. The van der Waals surface area contributed by atoms with Crippen LogP contribution < -0.4 is 0 Å². The highest BCUT2D eigenvalue weighted by atomic mass is 16.8. The summed E-state index contributed by atoms with van der Waals surface area (Å²) in [5, 5.41) is 0. The summed E-state index contributed by atoms with van der Waals surface area (Å²) in [6, 6.07) is 0. The van der Waals surface area contributed by atoms with Crippen LogP contribution in [0, 0.1) is 11.8 Å². The fourth-order valence-electron chi connectivity index (χ4n) is 3.65. The van der Waals surface area contributed by atoms with E-state index in [1.165, 1.54) is 5.57 Å². The van der Waals surface area contributed by atoms with Crippen LogP contribution in [0.25, 0.3) is 0 Å². The third-order valence-electron chi connectivity index (χ3n) is 4.35. The number of hydrogen-bond donors (Lipinski definition) is 0. The maximum atomic E-state index is 12.1. The predicted octanol–water partition coefficient (Wildman–Crippen LogP) is 2.45. The maximum absolute atomic E-state index is 12.1. The molecule has 0 amide bonds. The summed E-state index contributed by atoms with van der Waals surface area (Å²) >= 11 is 0. The van der Waals surface area contributed by atoms with Crippen LogP contribution in [0.5, 0.6) is 0 Å². The van der Waals surface area contributed by atoms with Crippen molar-refractivity contribution in [2.75, 3.05) is 0 Å². The molecule has 0 spiro atoms. The second kappa shape index (κ2) is 3.66. The van der Waals surface area contributed by atoms with E-state index in [2.05, 4.69) is 6.58 Å². The Balaban J connectivity index is 1.93. The molecule has 17 heavy (non-hydrogen) atoms. The van der Waals surface area contributed by atoms with E-state index in [4.69, 9.17) is 9.47 Å². The van der Waals surface area contributed by atoms with Crippen LogP contribution in [0.3, 0.4) is 0 Å². The summed E-state index contributed by atoms with van der Waals surface area (Å²) in [4.78, 5) is 12.1. The topological polar surface area (TPSA) is 35.5 Å². The number of fused-ring (bicyclic) bond motifs is 3. The van der Waals surface area contributed by atoms with Gasteiger partial charge in [0.2, 0.25) is 0 Å². The smallest absolute Gasteiger partial charge is 0.163 e. The van der Waals surface area contributed by atoms with Gasteiger partial charge < -0.3 is 9.47 Å². The van der Waals surface area contributed by atoms with Crippen LogP contribution in [-0.2, 0) is 14.3 Å². The highest BCUT2D eigenvalue weighted by Crippen LogP contribution is 2.48. The molecule has 3 rings (SSSR count). The van der Waals surface area contributed by atoms with Crippen molar-refractivity contribution in [3.63, 3.8) is 0 Å². The Hall–Kier alpha value is -0.670. The normalized spacial score (nSPS) is 44.4. The molecule has 1 saturated heterocycles. The van der Waals surface area contributed by atoms with Gasteiger partial charge in [0.1, 0.15) is 5.78 Å². The Morgan fingerprint density at radius 1 is 1.24 bits per heavy atom. The molecule has 1 heterocycles. The van der Waals surface area contributed by atoms with Crippen molar-refractivity contribution >= 4 is 5.78 Å². The Morgan fingerprint density at radius 2 is 2.00 bits per heavy atom. The fourth-order valence-corrected chi connectivity index (χ4v) is 3.65. The molecule has 3 nitrogen and oxygen atoms in total. The van der Waals surface area contributed by atoms with E-state index in [-0.39, 0.29) is 24.0 Å². The largest absolute Gasteiger partial charge is 0.345 e. The van der Waals surface area contributed by atoms with Crippen molar-refractivity contribution in [3.8, 4) is 0 Å². The van der Waals surface area contributed by atoms with Crippen molar-refractivity contribution in [1.29, 1.82) is 0 Å². The lowest BCUT2D eigenvalue weighted by Crippen LogP contribution is -2.33. The minimum Gasteiger partial charge on any atom is -0.345 e. The van der Waals surface area contributed by atoms with Crippen molar-refractivity contribution in [2.24, 2.45) is 11.8 Å². The van der Waals surface area contributed by atoms with E-state index in [0.29, 0.717) is 12.2 Å². The van der Waals surface area contributed by atoms with Crippen LogP contribution >= 0.6 is 0 Å². The predicted molar refractivity (Wildman–Crippen MR) is 63.4 cm³/mol. The molecule has 1 aliphatic heterocycles. The standard InChI is InChI=1S/C14H20O3/c1-8-4-5-9-10(15)6-7-11-13(12(8)9)17-14(2,3)16-11/h9,11-13H,1,4-7H2,2-3H3/t9-,11-,12-,13-/m1/s1. The lowest BCUT2D eigenvalue weighted by atomic mass is 9.86. The Morgan fingerprint density at radius 3 is 2.76 bits per heavy atom. The van der Waals surface area contributed by atoms with Crippen LogP contribution in [-0.4, -0.2) is 23.8 Å². The first kappa shape index (κ1) is 11.4. The zero-order valence-electron chi connectivity index (χ0n) is 10.6. The molecule has 0 aromatic heterocycles. The van der Waals surface area contributed by atoms with Gasteiger partial charge in [-0.3, -0.25) is 4.79 Å². The quantitative estimate of drug-likeness (QED) is 0.606. The first-order valence-corrected chi connectivity index (χ1v) is 6.54. The third-order valence-corrected chi connectivity index (χ3v) is 4.35. The number of carbonyl (C=O) groups is 1. The third kappa shape index (κ3) is 1.76. The fraction of sp³-hybridized carbons (Fsp3) is 0.786. The average molecular weight is 236 g/mol. The summed E-state index contributed by atoms with van der Waals surface area (Å²) in [7, 11) is 0. The Labute approximate surface area is 102 Å². The molecule has 0 aromatic carbocycles. The number of carbonyl (C=O) groups excluding carboxylic acids is 1. The zero-order chi connectivity index (χ0) is 12.2. The highest BCUT2D eigenvalue weighted by molar-refractivity contribution is 5.82. The summed E-state index contributed by atoms with van der Waals surface area (Å²) in [5.74, 6) is 0.197. The van der Waals surface area contributed by atoms with E-state index in [1.807, 2.05) is 13.8 Å². The van der Waals surface area contributed by atoms with Gasteiger partial charge in [0.05, 0.1) is 12.2 Å². The van der Waals surface area contributed by atoms with Gasteiger partial charge in [0, 0.05) is 18.3 Å². The molecule has 0 N–H and O–H groups in total. The van der Waals surface area contributed by atoms with Crippen molar-refractivity contribution in [1.82, 2.24) is 0 Å². The molecule has 2 saturated carbocycles. The number of Topliss-reactive ketones (excluding diaryl/α,β-unsaturated/α-hetero) is 1. The van der Waals surface area contributed by atoms with Crippen molar-refractivity contribution in [3.05, 3.63) is 12.2 Å². The van der Waals surface area contributed by atoms with E-state index >= 15 is 0 Å². The molecular weight excluding hydrogens is 216 g/mol. The molecule has 0 aromatic rings. The van der Waals surface area contributed by atoms with Crippen LogP contribution in [0.15, 0.2) is 12.2 Å². The van der Waals surface area contributed by atoms with Crippen LogP contribution in [0.1, 0.15) is 39.5 Å². The minimum atomic E-state index is -0.511. The first-order chi connectivity index (χ1) is 7.98. The second-order valence-electron chi connectivity index (χ2n) is 5.97. The molecule has 3 aliphatic rings. The molecular formula is C14H20O3. The van der Waals surface area contributed by atoms with E-state index in [0.717, 1.165) is 19.3 Å². The average Bonchev–Trinajstić information content (AvgIpc) is 2.71. The number of ether oxygens (including phenoxy) is 2. The van der Waals surface area contributed by atoms with E-state index in [1.54, 1.807) is 0 Å². The SMILES string of the molecule is C=C1CC[C@@H]2C(=O)CC[C@H]3OC(C)(C)O[C@H]3[C@H]12. The summed E-state index contributed by atoms with van der Waals surface area (Å²) in [6.45, 7) is 8.04. The van der Waals surface area contributed by atoms with Gasteiger partial charge in [0.15, 0.2) is 5.79 Å². The van der Waals surface area contributed by atoms with E-state index in [9.17, 15) is 4.79 Å². The van der Waals surface area contributed by atoms with Gasteiger partial charge in [-0.05, 0) is 33.1 Å². The van der Waals surface area contributed by atoms with Gasteiger partial charge in [-0.2, -0.15) is 0 Å². The first-order valence-electron chi connectivity index (χ1n) is 6.54. The van der Waals surface area contributed by atoms with Crippen LogP contribution in [0.2, 0.25) is 0 Å². The lowest BCUT2D eigenvalue weighted by Gasteiger charge is -2.25. The summed E-state index contributed by atoms with van der Waals surface area (Å²) in [5.41, 5.74) is 1.18. The number of hydrogen-bond acceptors (Lipinski definition) is 3. The molecule has 94 valence electrons. The second-order valence-corrected chi connectivity index (χ2v) is 5.97. The molecule has 3 fully saturated rings. The Kier molecular flexibility index (Phi) is 2.46. The van der Waals surface area contributed by atoms with E-state index < -0.39 is 5.79 Å². The molecule has 4 atom stereocenters. The monoisotopic (exact) mass is 236 g/mol. The van der Waals surface area contributed by atoms with Gasteiger partial charge in [-0.15, -0.1) is 0 Å². The molecule has 2 aliphatic carbocycles. The maximum Gasteiger partial charge on any atom is 0.163 e. The molecule has 0 unspecified atom stereocenters. The zero-order valence-corrected chi connectivity index (χ0v) is 10.6. The minimum absolute atomic E-state index is 0.0384. The lowest BCUT2D eigenvalue weighted by molar-refractivity contribution is -0.154. The van der Waals surface area contributed by atoms with Crippen molar-refractivity contribution in [2.45, 2.75) is 57.5 Å². The molecule has 0 radical (unpaired) electrons. The highest BCUT2D eigenvalue weighted by Gasteiger charge is 2.52. The van der Waals surface area contributed by atoms with Gasteiger partial charge >= 0.3 is 0 Å². The van der Waals surface area contributed by atoms with Gasteiger partial charge in [0.25, 0.3) is 0 Å². The van der Waals surface area contributed by atoms with Gasteiger partial charge in [-0.1, -0.05) is 12.2 Å². The van der Waals surface area contributed by atoms with Crippen molar-refractivity contribution < 1.29 is 14.3 Å². The van der Waals surface area contributed by atoms with Gasteiger partial charge in [-0.25, -0.2) is 0 Å².